The van der Waals surface area contributed by atoms with Gasteiger partial charge in [-0.05, 0) is 23.8 Å². The summed E-state index contributed by atoms with van der Waals surface area (Å²) in [6, 6.07) is 3.30. The zero-order valence-corrected chi connectivity index (χ0v) is 11.6. The van der Waals surface area contributed by atoms with Crippen molar-refractivity contribution in [2.24, 2.45) is 12.2 Å². The maximum Gasteiger partial charge on any atom is 0.238 e. The first-order valence-corrected chi connectivity index (χ1v) is 7.33. The van der Waals surface area contributed by atoms with Gasteiger partial charge in [-0.25, -0.2) is 17.9 Å². The minimum absolute atomic E-state index is 0.0127. The number of hydrogen-bond donors (Lipinski definition) is 1. The Kier molecular flexibility index (Phi) is 4.05. The molecule has 1 aromatic heterocycles. The molecule has 0 fully saturated rings. The van der Waals surface area contributed by atoms with Gasteiger partial charge in [0.05, 0.1) is 17.7 Å². The summed E-state index contributed by atoms with van der Waals surface area (Å²) >= 11 is 0. The first kappa shape index (κ1) is 14.5. The van der Waals surface area contributed by atoms with Crippen molar-refractivity contribution < 1.29 is 17.5 Å². The minimum atomic E-state index is -3.91. The van der Waals surface area contributed by atoms with Gasteiger partial charge in [-0.15, -0.1) is 0 Å². The maximum absolute atomic E-state index is 13.6. The zero-order chi connectivity index (χ0) is 14.8. The molecule has 20 heavy (non-hydrogen) atoms. The molecule has 0 amide bonds. The second-order valence-electron chi connectivity index (χ2n) is 4.26. The van der Waals surface area contributed by atoms with Crippen molar-refractivity contribution >= 4 is 10.0 Å². The maximum atomic E-state index is 13.6. The van der Waals surface area contributed by atoms with Crippen LogP contribution in [0.25, 0.3) is 0 Å². The first-order valence-electron chi connectivity index (χ1n) is 5.79. The fourth-order valence-corrected chi connectivity index (χ4v) is 2.18. The molecular weight excluding hydrogens is 285 g/mol. The van der Waals surface area contributed by atoms with Crippen LogP contribution in [0.5, 0.6) is 5.75 Å². The van der Waals surface area contributed by atoms with Gasteiger partial charge in [0, 0.05) is 19.7 Å². The van der Waals surface area contributed by atoms with Crippen LogP contribution in [0, 0.1) is 5.82 Å². The Morgan fingerprint density at radius 1 is 1.45 bits per heavy atom. The van der Waals surface area contributed by atoms with Gasteiger partial charge in [-0.1, -0.05) is 0 Å². The average molecular weight is 299 g/mol. The Bertz CT molecular complexity index is 712. The van der Waals surface area contributed by atoms with E-state index in [4.69, 9.17) is 9.88 Å². The summed E-state index contributed by atoms with van der Waals surface area (Å²) in [4.78, 5) is -0.283. The third kappa shape index (κ3) is 3.55. The van der Waals surface area contributed by atoms with E-state index in [1.54, 1.807) is 17.9 Å². The van der Waals surface area contributed by atoms with Crippen LogP contribution in [-0.4, -0.2) is 24.8 Å². The zero-order valence-electron chi connectivity index (χ0n) is 10.8. The monoisotopic (exact) mass is 299 g/mol. The van der Waals surface area contributed by atoms with Crippen LogP contribution in [0.15, 0.2) is 35.5 Å². The number of aryl methyl sites for hydroxylation is 1. The molecule has 0 aliphatic rings. The van der Waals surface area contributed by atoms with Crippen molar-refractivity contribution in [3.63, 3.8) is 0 Å². The van der Waals surface area contributed by atoms with Crippen LogP contribution in [0.4, 0.5) is 4.39 Å². The van der Waals surface area contributed by atoms with E-state index in [2.05, 4.69) is 5.10 Å². The number of nitrogens with zero attached hydrogens (tertiary/aromatic N) is 2. The molecule has 0 spiro atoms. The number of ether oxygens (including phenoxy) is 1. The van der Waals surface area contributed by atoms with Gasteiger partial charge in [-0.2, -0.15) is 5.10 Å². The normalized spacial score (nSPS) is 11.6. The summed E-state index contributed by atoms with van der Waals surface area (Å²) in [6.45, 7) is 0.261. The van der Waals surface area contributed by atoms with Crippen LogP contribution in [0.1, 0.15) is 5.56 Å². The third-order valence-electron chi connectivity index (χ3n) is 2.64. The molecule has 2 rings (SSSR count). The van der Waals surface area contributed by atoms with E-state index >= 15 is 0 Å². The van der Waals surface area contributed by atoms with E-state index in [-0.39, 0.29) is 17.3 Å². The number of nitrogens with two attached hydrogens (primary N) is 1. The summed E-state index contributed by atoms with van der Waals surface area (Å²) in [6.07, 6.45) is 4.11. The summed E-state index contributed by atoms with van der Waals surface area (Å²) in [5.74, 6) is -0.774. The molecule has 0 bridgehead atoms. The Hall–Kier alpha value is -1.93. The SMILES string of the molecule is Cn1cc(CCOc2ccc(S(N)(=O)=O)cc2F)cn1. The molecule has 0 radical (unpaired) electrons. The van der Waals surface area contributed by atoms with E-state index in [0.29, 0.717) is 6.42 Å². The van der Waals surface area contributed by atoms with Crippen molar-refractivity contribution in [1.29, 1.82) is 0 Å². The molecule has 0 atom stereocenters. The summed E-state index contributed by atoms with van der Waals surface area (Å²) in [5.41, 5.74) is 0.967. The van der Waals surface area contributed by atoms with E-state index in [0.717, 1.165) is 11.6 Å². The highest BCUT2D eigenvalue weighted by Gasteiger charge is 2.12. The van der Waals surface area contributed by atoms with Crippen LogP contribution in [-0.2, 0) is 23.5 Å². The Balaban J connectivity index is 2.00. The van der Waals surface area contributed by atoms with Gasteiger partial charge in [0.1, 0.15) is 0 Å². The summed E-state index contributed by atoms with van der Waals surface area (Å²) < 4.78 is 42.7. The number of halogens is 1. The van der Waals surface area contributed by atoms with Crippen molar-refractivity contribution in [1.82, 2.24) is 9.78 Å². The molecule has 8 heteroatoms. The fourth-order valence-electron chi connectivity index (χ4n) is 1.66. The molecule has 0 saturated heterocycles. The molecule has 0 unspecified atom stereocenters. The third-order valence-corrected chi connectivity index (χ3v) is 3.55. The summed E-state index contributed by atoms with van der Waals surface area (Å²) in [7, 11) is -2.11. The van der Waals surface area contributed by atoms with Gasteiger partial charge in [-0.3, -0.25) is 4.68 Å². The number of aromatic nitrogens is 2. The topological polar surface area (TPSA) is 87.2 Å². The predicted molar refractivity (Wildman–Crippen MR) is 70.2 cm³/mol. The van der Waals surface area contributed by atoms with Gasteiger partial charge >= 0.3 is 0 Å². The molecule has 2 aromatic rings. The molecular formula is C12H14FN3O3S. The van der Waals surface area contributed by atoms with Gasteiger partial charge in [0.25, 0.3) is 0 Å². The largest absolute Gasteiger partial charge is 0.490 e. The van der Waals surface area contributed by atoms with Crippen molar-refractivity contribution in [2.75, 3.05) is 6.61 Å². The number of primary sulfonamides is 1. The van der Waals surface area contributed by atoms with Crippen molar-refractivity contribution in [3.8, 4) is 5.75 Å². The second kappa shape index (κ2) is 5.59. The number of benzene rings is 1. The van der Waals surface area contributed by atoms with E-state index in [1.807, 2.05) is 6.20 Å². The lowest BCUT2D eigenvalue weighted by Gasteiger charge is -2.07. The van der Waals surface area contributed by atoms with E-state index in [1.165, 1.54) is 12.1 Å². The van der Waals surface area contributed by atoms with Crippen molar-refractivity contribution in [2.45, 2.75) is 11.3 Å². The average Bonchev–Trinajstić information content (AvgIpc) is 2.76. The van der Waals surface area contributed by atoms with E-state index in [9.17, 15) is 12.8 Å². The summed E-state index contributed by atoms with van der Waals surface area (Å²) in [5, 5.41) is 8.91. The Labute approximate surface area is 116 Å². The number of rotatable bonds is 5. The second-order valence-corrected chi connectivity index (χ2v) is 5.82. The quantitative estimate of drug-likeness (QED) is 0.885. The van der Waals surface area contributed by atoms with Crippen LogP contribution < -0.4 is 9.88 Å². The molecule has 0 aliphatic carbocycles. The molecule has 1 aromatic carbocycles. The minimum Gasteiger partial charge on any atom is -0.490 e. The number of sulfonamides is 1. The highest BCUT2D eigenvalue weighted by Crippen LogP contribution is 2.20. The Morgan fingerprint density at radius 2 is 2.20 bits per heavy atom. The smallest absolute Gasteiger partial charge is 0.238 e. The molecule has 108 valence electrons. The molecule has 1 heterocycles. The highest BCUT2D eigenvalue weighted by molar-refractivity contribution is 7.89. The molecule has 0 aliphatic heterocycles. The lowest BCUT2D eigenvalue weighted by Crippen LogP contribution is -2.12. The van der Waals surface area contributed by atoms with Crippen molar-refractivity contribution in [3.05, 3.63) is 42.0 Å². The Morgan fingerprint density at radius 3 is 2.75 bits per heavy atom. The fraction of sp³-hybridized carbons (Fsp3) is 0.250. The van der Waals surface area contributed by atoms with Gasteiger partial charge < -0.3 is 4.74 Å². The van der Waals surface area contributed by atoms with Crippen LogP contribution in [0.3, 0.4) is 0 Å². The standard InChI is InChI=1S/C12H14FN3O3S/c1-16-8-9(7-15-16)4-5-19-12-3-2-10(6-11(12)13)20(14,17)18/h2-3,6-8H,4-5H2,1H3,(H2,14,17,18). The van der Waals surface area contributed by atoms with Gasteiger partial charge in [0.15, 0.2) is 11.6 Å². The van der Waals surface area contributed by atoms with Crippen LogP contribution in [0.2, 0.25) is 0 Å². The molecule has 2 N–H and O–H groups in total. The van der Waals surface area contributed by atoms with Crippen LogP contribution >= 0.6 is 0 Å². The van der Waals surface area contributed by atoms with E-state index < -0.39 is 15.8 Å². The lowest BCUT2D eigenvalue weighted by atomic mass is 10.3. The predicted octanol–water partition coefficient (Wildman–Crippen LogP) is 0.828. The molecule has 6 nitrogen and oxygen atoms in total. The van der Waals surface area contributed by atoms with Gasteiger partial charge in [0.2, 0.25) is 10.0 Å². The highest BCUT2D eigenvalue weighted by atomic mass is 32.2. The first-order chi connectivity index (χ1) is 9.36. The lowest BCUT2D eigenvalue weighted by molar-refractivity contribution is 0.305. The molecule has 0 saturated carbocycles. The number of hydrogen-bond acceptors (Lipinski definition) is 4.